The minimum atomic E-state index is -0.844. The Bertz CT molecular complexity index is 518. The second-order valence-corrected chi connectivity index (χ2v) is 4.74. The Kier molecular flexibility index (Phi) is 5.70. The van der Waals surface area contributed by atoms with E-state index in [1.807, 2.05) is 19.2 Å². The van der Waals surface area contributed by atoms with Crippen molar-refractivity contribution in [2.24, 2.45) is 5.92 Å². The van der Waals surface area contributed by atoms with E-state index in [9.17, 15) is 14.4 Å². The highest BCUT2D eigenvalue weighted by Gasteiger charge is 2.21. The second kappa shape index (κ2) is 7.27. The van der Waals surface area contributed by atoms with E-state index in [1.165, 1.54) is 6.92 Å². The Morgan fingerprint density at radius 3 is 2.57 bits per heavy atom. The van der Waals surface area contributed by atoms with Crippen molar-refractivity contribution in [1.82, 2.24) is 15.8 Å². The maximum absolute atomic E-state index is 11.7. The first-order chi connectivity index (χ1) is 9.81. The summed E-state index contributed by atoms with van der Waals surface area (Å²) in [4.78, 5) is 34.4. The number of imide groups is 1. The molecule has 0 spiro atoms. The molecule has 9 heteroatoms. The highest BCUT2D eigenvalue weighted by Crippen LogP contribution is 2.16. The van der Waals surface area contributed by atoms with E-state index in [4.69, 9.17) is 10.5 Å². The van der Waals surface area contributed by atoms with Crippen LogP contribution in [0.4, 0.5) is 10.7 Å². The molecular formula is C12H18N4O5. The molecule has 9 nitrogen and oxygen atoms in total. The van der Waals surface area contributed by atoms with E-state index in [1.54, 1.807) is 0 Å². The normalized spacial score (nSPS) is 10.3. The van der Waals surface area contributed by atoms with Crippen molar-refractivity contribution >= 4 is 23.8 Å². The van der Waals surface area contributed by atoms with Gasteiger partial charge in [0.15, 0.2) is 6.61 Å². The number of nitrogens with two attached hydrogens (primary N) is 1. The second-order valence-electron chi connectivity index (χ2n) is 4.74. The Balaban J connectivity index is 2.40. The lowest BCUT2D eigenvalue weighted by Crippen LogP contribution is -2.42. The van der Waals surface area contributed by atoms with Crippen molar-refractivity contribution in [1.29, 1.82) is 0 Å². The number of nitrogens with zero attached hydrogens (tertiary/aromatic N) is 1. The predicted octanol–water partition coefficient (Wildman–Crippen LogP) is 0.204. The molecule has 0 unspecified atom stereocenters. The molecule has 0 saturated carbocycles. The van der Waals surface area contributed by atoms with Crippen LogP contribution in [0.5, 0.6) is 0 Å². The maximum atomic E-state index is 11.7. The van der Waals surface area contributed by atoms with Gasteiger partial charge in [0.2, 0.25) is 5.88 Å². The minimum Gasteiger partial charge on any atom is -0.452 e. The lowest BCUT2D eigenvalue weighted by Gasteiger charge is -2.08. The van der Waals surface area contributed by atoms with E-state index in [-0.39, 0.29) is 23.1 Å². The number of amides is 3. The smallest absolute Gasteiger partial charge is 0.346 e. The molecule has 1 rings (SSSR count). The van der Waals surface area contributed by atoms with Gasteiger partial charge in [-0.3, -0.25) is 10.1 Å². The lowest BCUT2D eigenvalue weighted by molar-refractivity contribution is -0.123. The zero-order chi connectivity index (χ0) is 16.0. The molecule has 1 aromatic heterocycles. The van der Waals surface area contributed by atoms with Gasteiger partial charge in [0.1, 0.15) is 5.56 Å². The number of urea groups is 1. The molecule has 0 aliphatic rings. The molecule has 0 fully saturated rings. The summed E-state index contributed by atoms with van der Waals surface area (Å²) in [6.07, 6.45) is 0. The number of carbonyl (C=O) groups is 3. The molecule has 0 aliphatic heterocycles. The molecule has 116 valence electrons. The van der Waals surface area contributed by atoms with Crippen LogP contribution < -0.4 is 16.4 Å². The SMILES string of the molecule is Cc1noc(N)c1C(=O)OCC(=O)NC(=O)NCC(C)C. The van der Waals surface area contributed by atoms with Gasteiger partial charge in [0.25, 0.3) is 5.91 Å². The fourth-order valence-corrected chi connectivity index (χ4v) is 1.34. The summed E-state index contributed by atoms with van der Waals surface area (Å²) >= 11 is 0. The molecular weight excluding hydrogens is 280 g/mol. The highest BCUT2D eigenvalue weighted by atomic mass is 16.5. The van der Waals surface area contributed by atoms with Crippen LogP contribution in [0.25, 0.3) is 0 Å². The Morgan fingerprint density at radius 2 is 2.05 bits per heavy atom. The summed E-state index contributed by atoms with van der Waals surface area (Å²) in [5.74, 6) is -1.53. The number of aryl methyl sites for hydroxylation is 1. The van der Waals surface area contributed by atoms with Gasteiger partial charge in [-0.05, 0) is 12.8 Å². The van der Waals surface area contributed by atoms with Crippen LogP contribution in [0.15, 0.2) is 4.52 Å². The Morgan fingerprint density at radius 1 is 1.38 bits per heavy atom. The van der Waals surface area contributed by atoms with Gasteiger partial charge in [-0.25, -0.2) is 9.59 Å². The molecule has 1 aromatic rings. The number of hydrogen-bond acceptors (Lipinski definition) is 7. The number of carbonyl (C=O) groups excluding carboxylic acids is 3. The summed E-state index contributed by atoms with van der Waals surface area (Å²) in [5, 5.41) is 8.01. The predicted molar refractivity (Wildman–Crippen MR) is 72.3 cm³/mol. The number of esters is 1. The number of nitrogen functional groups attached to an aromatic ring is 1. The molecule has 3 amide bonds. The van der Waals surface area contributed by atoms with Crippen molar-refractivity contribution < 1.29 is 23.6 Å². The van der Waals surface area contributed by atoms with Gasteiger partial charge < -0.3 is 20.3 Å². The van der Waals surface area contributed by atoms with Gasteiger partial charge in [0.05, 0.1) is 5.69 Å². The van der Waals surface area contributed by atoms with Gasteiger partial charge in [-0.15, -0.1) is 0 Å². The molecule has 0 aromatic carbocycles. The van der Waals surface area contributed by atoms with E-state index in [2.05, 4.69) is 15.0 Å². The summed E-state index contributed by atoms with van der Waals surface area (Å²) in [6, 6.07) is -0.648. The summed E-state index contributed by atoms with van der Waals surface area (Å²) in [7, 11) is 0. The van der Waals surface area contributed by atoms with Crippen LogP contribution in [0.2, 0.25) is 0 Å². The molecule has 0 radical (unpaired) electrons. The largest absolute Gasteiger partial charge is 0.452 e. The van der Waals surface area contributed by atoms with Gasteiger partial charge in [0, 0.05) is 6.54 Å². The first kappa shape index (κ1) is 16.5. The summed E-state index contributed by atoms with van der Waals surface area (Å²) in [6.45, 7) is 5.15. The molecule has 1 heterocycles. The maximum Gasteiger partial charge on any atom is 0.346 e. The Labute approximate surface area is 121 Å². The quantitative estimate of drug-likeness (QED) is 0.660. The number of ether oxygens (including phenoxy) is 1. The third-order valence-corrected chi connectivity index (χ3v) is 2.35. The molecule has 4 N–H and O–H groups in total. The van der Waals surface area contributed by atoms with Gasteiger partial charge in [-0.2, -0.15) is 0 Å². The highest BCUT2D eigenvalue weighted by molar-refractivity contribution is 5.98. The third kappa shape index (κ3) is 5.13. The van der Waals surface area contributed by atoms with Crippen molar-refractivity contribution in [3.8, 4) is 0 Å². The molecule has 0 saturated heterocycles. The first-order valence-corrected chi connectivity index (χ1v) is 6.27. The zero-order valence-electron chi connectivity index (χ0n) is 12.1. The zero-order valence-corrected chi connectivity index (χ0v) is 12.1. The standard InChI is InChI=1S/C12H18N4O5/c1-6(2)4-14-12(19)15-8(17)5-20-11(18)9-7(3)16-21-10(9)13/h6H,4-5,13H2,1-3H3,(H2,14,15,17,19). The van der Waals surface area contributed by atoms with E-state index in [0.717, 1.165) is 0 Å². The van der Waals surface area contributed by atoms with E-state index >= 15 is 0 Å². The van der Waals surface area contributed by atoms with Crippen molar-refractivity contribution in [3.05, 3.63) is 11.3 Å². The third-order valence-electron chi connectivity index (χ3n) is 2.35. The van der Waals surface area contributed by atoms with Gasteiger partial charge in [-0.1, -0.05) is 19.0 Å². The summed E-state index contributed by atoms with van der Waals surface area (Å²) in [5.41, 5.74) is 5.62. The molecule has 0 aliphatic carbocycles. The summed E-state index contributed by atoms with van der Waals surface area (Å²) < 4.78 is 9.33. The van der Waals surface area contributed by atoms with Crippen molar-refractivity contribution in [3.63, 3.8) is 0 Å². The lowest BCUT2D eigenvalue weighted by atomic mass is 10.2. The van der Waals surface area contributed by atoms with Crippen molar-refractivity contribution in [2.75, 3.05) is 18.9 Å². The van der Waals surface area contributed by atoms with Crippen LogP contribution >= 0.6 is 0 Å². The van der Waals surface area contributed by atoms with Gasteiger partial charge >= 0.3 is 12.0 Å². The number of hydrogen-bond donors (Lipinski definition) is 3. The monoisotopic (exact) mass is 298 g/mol. The number of rotatable bonds is 5. The number of nitrogens with one attached hydrogen (secondary N) is 2. The van der Waals surface area contributed by atoms with Crippen molar-refractivity contribution in [2.45, 2.75) is 20.8 Å². The Hall–Kier alpha value is -2.58. The number of anilines is 1. The minimum absolute atomic E-state index is 0.0351. The number of aromatic nitrogens is 1. The average molecular weight is 298 g/mol. The fourth-order valence-electron chi connectivity index (χ4n) is 1.34. The first-order valence-electron chi connectivity index (χ1n) is 6.27. The molecule has 0 atom stereocenters. The van der Waals surface area contributed by atoms with Crippen LogP contribution in [-0.2, 0) is 9.53 Å². The van der Waals surface area contributed by atoms with Crippen LogP contribution in [-0.4, -0.2) is 36.2 Å². The molecule has 0 bridgehead atoms. The average Bonchev–Trinajstić information content (AvgIpc) is 2.73. The van der Waals surface area contributed by atoms with Crippen LogP contribution in [0.3, 0.4) is 0 Å². The molecule has 21 heavy (non-hydrogen) atoms. The van der Waals surface area contributed by atoms with E-state index in [0.29, 0.717) is 6.54 Å². The topological polar surface area (TPSA) is 137 Å². The fraction of sp³-hybridized carbons (Fsp3) is 0.500. The van der Waals surface area contributed by atoms with Crippen LogP contribution in [0, 0.1) is 12.8 Å². The van der Waals surface area contributed by atoms with E-state index < -0.39 is 24.5 Å². The van der Waals surface area contributed by atoms with Crippen LogP contribution in [0.1, 0.15) is 29.9 Å².